The van der Waals surface area contributed by atoms with Crippen LogP contribution in [0, 0.1) is 0 Å². The molecule has 0 spiro atoms. The van der Waals surface area contributed by atoms with Crippen molar-refractivity contribution in [3.05, 3.63) is 11.6 Å². The highest BCUT2D eigenvalue weighted by Gasteiger charge is 2.28. The van der Waals surface area contributed by atoms with Gasteiger partial charge in [-0.3, -0.25) is 10.00 Å². The second-order valence-electron chi connectivity index (χ2n) is 6.40. The maximum Gasteiger partial charge on any atom is 0.408 e. The zero-order valence-corrected chi connectivity index (χ0v) is 11.9. The largest absolute Gasteiger partial charge is 0.465 e. The standard InChI is InChI=1S/C12H22N4O2/c1-11(2,3)9-13-8(14-15-9)7-16(10(17)18)12(4,5)6/h7H2,1-6H3,(H,17,18)(H,13,14,15). The van der Waals surface area contributed by atoms with Crippen LogP contribution in [0.4, 0.5) is 4.79 Å². The summed E-state index contributed by atoms with van der Waals surface area (Å²) in [6.45, 7) is 11.8. The van der Waals surface area contributed by atoms with Gasteiger partial charge in [0.15, 0.2) is 5.82 Å². The minimum absolute atomic E-state index is 0.148. The Kier molecular flexibility index (Phi) is 3.69. The number of nitrogens with one attached hydrogen (secondary N) is 1. The Morgan fingerprint density at radius 1 is 1.28 bits per heavy atom. The van der Waals surface area contributed by atoms with Crippen molar-refractivity contribution < 1.29 is 9.90 Å². The molecule has 0 saturated heterocycles. The SMILES string of the molecule is CC(C)(C)c1n[nH]c(CN(C(=O)O)C(C)(C)C)n1. The summed E-state index contributed by atoms with van der Waals surface area (Å²) in [6.07, 6.45) is -0.962. The van der Waals surface area contributed by atoms with Crippen LogP contribution in [0.1, 0.15) is 53.2 Å². The smallest absolute Gasteiger partial charge is 0.408 e. The molecule has 1 aromatic heterocycles. The Bertz CT molecular complexity index is 426. The number of amides is 1. The maximum atomic E-state index is 11.2. The molecule has 102 valence electrons. The van der Waals surface area contributed by atoms with E-state index >= 15 is 0 Å². The van der Waals surface area contributed by atoms with Gasteiger partial charge in [0.05, 0.1) is 6.54 Å². The first-order valence-corrected chi connectivity index (χ1v) is 5.94. The Labute approximate surface area is 107 Å². The molecule has 1 amide bonds. The van der Waals surface area contributed by atoms with E-state index in [1.165, 1.54) is 4.90 Å². The molecule has 0 aliphatic rings. The Hall–Kier alpha value is -1.59. The molecule has 0 radical (unpaired) electrons. The number of hydrogen-bond donors (Lipinski definition) is 2. The van der Waals surface area contributed by atoms with E-state index < -0.39 is 11.6 Å². The van der Waals surface area contributed by atoms with Gasteiger partial charge in [0.25, 0.3) is 0 Å². The van der Waals surface area contributed by atoms with Crippen LogP contribution in [0.25, 0.3) is 0 Å². The lowest BCUT2D eigenvalue weighted by molar-refractivity contribution is 0.0938. The number of carbonyl (C=O) groups is 1. The normalized spacial score (nSPS) is 12.6. The van der Waals surface area contributed by atoms with Gasteiger partial charge in [0, 0.05) is 11.0 Å². The summed E-state index contributed by atoms with van der Waals surface area (Å²) in [5.41, 5.74) is -0.620. The van der Waals surface area contributed by atoms with E-state index in [0.29, 0.717) is 11.6 Å². The molecule has 1 heterocycles. The van der Waals surface area contributed by atoms with E-state index in [2.05, 4.69) is 15.2 Å². The third kappa shape index (κ3) is 3.45. The number of hydrogen-bond acceptors (Lipinski definition) is 3. The highest BCUT2D eigenvalue weighted by atomic mass is 16.4. The molecule has 6 heteroatoms. The minimum atomic E-state index is -0.962. The second-order valence-corrected chi connectivity index (χ2v) is 6.40. The molecule has 18 heavy (non-hydrogen) atoms. The number of H-pyrrole nitrogens is 1. The van der Waals surface area contributed by atoms with Crippen molar-refractivity contribution in [2.75, 3.05) is 0 Å². The Morgan fingerprint density at radius 2 is 1.83 bits per heavy atom. The van der Waals surface area contributed by atoms with E-state index in [-0.39, 0.29) is 12.0 Å². The van der Waals surface area contributed by atoms with Gasteiger partial charge in [-0.15, -0.1) is 0 Å². The van der Waals surface area contributed by atoms with Gasteiger partial charge in [-0.25, -0.2) is 9.78 Å². The molecule has 0 bridgehead atoms. The summed E-state index contributed by atoms with van der Waals surface area (Å²) in [7, 11) is 0. The molecule has 0 fully saturated rings. The van der Waals surface area contributed by atoms with Gasteiger partial charge in [-0.2, -0.15) is 5.10 Å². The fraction of sp³-hybridized carbons (Fsp3) is 0.750. The van der Waals surface area contributed by atoms with Gasteiger partial charge < -0.3 is 5.11 Å². The fourth-order valence-corrected chi connectivity index (χ4v) is 1.44. The summed E-state index contributed by atoms with van der Waals surface area (Å²) >= 11 is 0. The number of aromatic amines is 1. The van der Waals surface area contributed by atoms with Crippen LogP contribution in [0.3, 0.4) is 0 Å². The molecule has 1 rings (SSSR count). The first kappa shape index (κ1) is 14.5. The third-order valence-corrected chi connectivity index (χ3v) is 2.55. The molecule has 0 aliphatic heterocycles. The number of aromatic nitrogens is 3. The van der Waals surface area contributed by atoms with E-state index in [1.54, 1.807) is 0 Å². The molecular weight excluding hydrogens is 232 g/mol. The molecule has 1 aromatic rings. The zero-order chi connectivity index (χ0) is 14.1. The monoisotopic (exact) mass is 254 g/mol. The predicted octanol–water partition coefficient (Wildman–Crippen LogP) is 2.38. The Morgan fingerprint density at radius 3 is 2.17 bits per heavy atom. The summed E-state index contributed by atoms with van der Waals surface area (Å²) in [6, 6.07) is 0. The van der Waals surface area contributed by atoms with E-state index in [4.69, 9.17) is 0 Å². The van der Waals surface area contributed by atoms with Crippen LogP contribution in [-0.4, -0.2) is 36.8 Å². The van der Waals surface area contributed by atoms with Gasteiger partial charge in [0.1, 0.15) is 5.82 Å². The summed E-state index contributed by atoms with van der Waals surface area (Å²) < 4.78 is 0. The first-order chi connectivity index (χ1) is 8.01. The Balaban J connectivity index is 2.90. The lowest BCUT2D eigenvalue weighted by Gasteiger charge is -2.32. The lowest BCUT2D eigenvalue weighted by Crippen LogP contribution is -2.44. The molecule has 0 aliphatic carbocycles. The van der Waals surface area contributed by atoms with Crippen molar-refractivity contribution in [3.8, 4) is 0 Å². The molecular formula is C12H22N4O2. The van der Waals surface area contributed by atoms with E-state index in [0.717, 1.165) is 0 Å². The van der Waals surface area contributed by atoms with Crippen molar-refractivity contribution in [1.82, 2.24) is 20.1 Å². The molecule has 0 atom stereocenters. The van der Waals surface area contributed by atoms with Crippen LogP contribution in [0.2, 0.25) is 0 Å². The highest BCUT2D eigenvalue weighted by Crippen LogP contribution is 2.19. The zero-order valence-electron chi connectivity index (χ0n) is 11.9. The summed E-state index contributed by atoms with van der Waals surface area (Å²) in [5, 5.41) is 16.1. The quantitative estimate of drug-likeness (QED) is 0.849. The van der Waals surface area contributed by atoms with Gasteiger partial charge in [-0.05, 0) is 20.8 Å². The number of nitrogens with zero attached hydrogens (tertiary/aromatic N) is 3. The molecule has 6 nitrogen and oxygen atoms in total. The molecule has 0 saturated carbocycles. The third-order valence-electron chi connectivity index (χ3n) is 2.55. The van der Waals surface area contributed by atoms with E-state index in [9.17, 15) is 9.90 Å². The second kappa shape index (κ2) is 4.59. The molecule has 0 unspecified atom stereocenters. The minimum Gasteiger partial charge on any atom is -0.465 e. The number of carboxylic acid groups (broad SMARTS) is 1. The molecule has 0 aromatic carbocycles. The predicted molar refractivity (Wildman–Crippen MR) is 68.4 cm³/mol. The summed E-state index contributed by atoms with van der Waals surface area (Å²) in [4.78, 5) is 16.9. The van der Waals surface area contributed by atoms with Crippen LogP contribution in [-0.2, 0) is 12.0 Å². The summed E-state index contributed by atoms with van der Waals surface area (Å²) in [5.74, 6) is 1.26. The number of rotatable bonds is 2. The van der Waals surface area contributed by atoms with E-state index in [1.807, 2.05) is 41.5 Å². The average Bonchev–Trinajstić information content (AvgIpc) is 2.58. The first-order valence-electron chi connectivity index (χ1n) is 5.94. The highest BCUT2D eigenvalue weighted by molar-refractivity contribution is 5.65. The topological polar surface area (TPSA) is 82.1 Å². The molecule has 2 N–H and O–H groups in total. The van der Waals surface area contributed by atoms with Crippen molar-refractivity contribution in [2.24, 2.45) is 0 Å². The van der Waals surface area contributed by atoms with Crippen LogP contribution in [0.5, 0.6) is 0 Å². The van der Waals surface area contributed by atoms with Crippen LogP contribution in [0.15, 0.2) is 0 Å². The van der Waals surface area contributed by atoms with Gasteiger partial charge >= 0.3 is 6.09 Å². The van der Waals surface area contributed by atoms with Gasteiger partial charge in [0.2, 0.25) is 0 Å². The van der Waals surface area contributed by atoms with Crippen molar-refractivity contribution >= 4 is 6.09 Å². The van der Waals surface area contributed by atoms with Crippen molar-refractivity contribution in [1.29, 1.82) is 0 Å². The lowest BCUT2D eigenvalue weighted by atomic mass is 9.96. The average molecular weight is 254 g/mol. The fourth-order valence-electron chi connectivity index (χ4n) is 1.44. The van der Waals surface area contributed by atoms with Crippen LogP contribution >= 0.6 is 0 Å². The van der Waals surface area contributed by atoms with Crippen molar-refractivity contribution in [3.63, 3.8) is 0 Å². The van der Waals surface area contributed by atoms with Gasteiger partial charge in [-0.1, -0.05) is 20.8 Å². The maximum absolute atomic E-state index is 11.2. The van der Waals surface area contributed by atoms with Crippen LogP contribution < -0.4 is 0 Å². The van der Waals surface area contributed by atoms with Crippen molar-refractivity contribution in [2.45, 2.75) is 59.0 Å².